The number of likely N-dealkylation sites (tertiary alicyclic amines) is 2. The van der Waals surface area contributed by atoms with E-state index in [0.29, 0.717) is 12.1 Å². The van der Waals surface area contributed by atoms with Gasteiger partial charge in [-0.05, 0) is 57.8 Å². The van der Waals surface area contributed by atoms with Gasteiger partial charge in [0, 0.05) is 24.8 Å². The zero-order chi connectivity index (χ0) is 16.7. The third-order valence-electron chi connectivity index (χ3n) is 5.64. The first kappa shape index (κ1) is 15.6. The fourth-order valence-corrected chi connectivity index (χ4v) is 4.42. The average molecular weight is 327 g/mol. The van der Waals surface area contributed by atoms with Crippen molar-refractivity contribution in [2.45, 2.75) is 51.6 Å². The lowest BCUT2D eigenvalue weighted by Gasteiger charge is -2.34. The minimum Gasteiger partial charge on any atom is -0.334 e. The van der Waals surface area contributed by atoms with Gasteiger partial charge in [-0.2, -0.15) is 0 Å². The van der Waals surface area contributed by atoms with Crippen molar-refractivity contribution in [3.8, 4) is 0 Å². The van der Waals surface area contributed by atoms with Crippen LogP contribution < -0.4 is 0 Å². The Morgan fingerprint density at radius 3 is 2.79 bits per heavy atom. The molecule has 0 unspecified atom stereocenters. The summed E-state index contributed by atoms with van der Waals surface area (Å²) < 4.78 is 1.90. The zero-order valence-corrected chi connectivity index (χ0v) is 14.5. The molecule has 2 aromatic rings. The number of pyridine rings is 1. The summed E-state index contributed by atoms with van der Waals surface area (Å²) in [7, 11) is 0. The molecule has 0 saturated carbocycles. The second kappa shape index (κ2) is 6.16. The molecular formula is C18H25N5O. The Bertz CT molecular complexity index is 755. The van der Waals surface area contributed by atoms with Crippen LogP contribution in [-0.2, 0) is 0 Å². The molecule has 0 spiro atoms. The first-order chi connectivity index (χ1) is 11.7. The number of carbonyl (C=O) groups excluding carboxylic acids is 1. The van der Waals surface area contributed by atoms with Gasteiger partial charge in [-0.1, -0.05) is 6.92 Å². The van der Waals surface area contributed by atoms with E-state index in [4.69, 9.17) is 0 Å². The molecule has 6 nitrogen and oxygen atoms in total. The van der Waals surface area contributed by atoms with Crippen LogP contribution in [-0.4, -0.2) is 62.0 Å². The van der Waals surface area contributed by atoms with Gasteiger partial charge < -0.3 is 4.90 Å². The van der Waals surface area contributed by atoms with Crippen molar-refractivity contribution in [2.24, 2.45) is 0 Å². The smallest absolute Gasteiger partial charge is 0.255 e. The Kier molecular flexibility index (Phi) is 4.00. The number of hydrogen-bond acceptors (Lipinski definition) is 4. The van der Waals surface area contributed by atoms with E-state index in [0.717, 1.165) is 43.0 Å². The lowest BCUT2D eigenvalue weighted by molar-refractivity contribution is 0.0649. The molecule has 2 aromatic heterocycles. The number of nitrogens with zero attached hydrogens (tertiary/aromatic N) is 5. The third-order valence-corrected chi connectivity index (χ3v) is 5.64. The predicted molar refractivity (Wildman–Crippen MR) is 92.1 cm³/mol. The minimum absolute atomic E-state index is 0.149. The highest BCUT2D eigenvalue weighted by Gasteiger charge is 2.39. The summed E-state index contributed by atoms with van der Waals surface area (Å²) in [6, 6.07) is 4.65. The number of hydrogen-bond donors (Lipinski definition) is 0. The van der Waals surface area contributed by atoms with Gasteiger partial charge >= 0.3 is 0 Å². The van der Waals surface area contributed by atoms with E-state index < -0.39 is 0 Å². The molecule has 0 radical (unpaired) electrons. The van der Waals surface area contributed by atoms with Crippen LogP contribution in [0.1, 0.15) is 48.8 Å². The summed E-state index contributed by atoms with van der Waals surface area (Å²) in [6.07, 6.45) is 6.59. The van der Waals surface area contributed by atoms with Crippen molar-refractivity contribution in [3.05, 3.63) is 29.7 Å². The van der Waals surface area contributed by atoms with Crippen LogP contribution in [0.3, 0.4) is 0 Å². The van der Waals surface area contributed by atoms with E-state index in [1.54, 1.807) is 0 Å². The van der Waals surface area contributed by atoms with Crippen LogP contribution in [0.25, 0.3) is 5.65 Å². The number of aryl methyl sites for hydroxylation is 1. The molecule has 2 aliphatic rings. The van der Waals surface area contributed by atoms with E-state index in [9.17, 15) is 4.79 Å². The van der Waals surface area contributed by atoms with Gasteiger partial charge in [-0.3, -0.25) is 14.1 Å². The Hall–Kier alpha value is -1.95. The largest absolute Gasteiger partial charge is 0.334 e. The maximum atomic E-state index is 13.1. The summed E-state index contributed by atoms with van der Waals surface area (Å²) in [5.74, 6) is 0.959. The number of fused-ring (bicyclic) bond motifs is 1. The van der Waals surface area contributed by atoms with E-state index in [-0.39, 0.29) is 5.91 Å². The summed E-state index contributed by atoms with van der Waals surface area (Å²) in [6.45, 7) is 7.25. The lowest BCUT2D eigenvalue weighted by atomic mass is 10.0. The van der Waals surface area contributed by atoms with Gasteiger partial charge in [0.15, 0.2) is 5.65 Å². The van der Waals surface area contributed by atoms with Crippen molar-refractivity contribution >= 4 is 11.6 Å². The normalized spacial score (nSPS) is 25.0. The van der Waals surface area contributed by atoms with Crippen molar-refractivity contribution in [2.75, 3.05) is 19.6 Å². The molecule has 4 heterocycles. The van der Waals surface area contributed by atoms with Crippen LogP contribution in [0.2, 0.25) is 0 Å². The summed E-state index contributed by atoms with van der Waals surface area (Å²) in [4.78, 5) is 17.8. The number of likely N-dealkylation sites (N-methyl/N-ethyl adjacent to an activating group) is 1. The van der Waals surface area contributed by atoms with Gasteiger partial charge in [-0.25, -0.2) is 0 Å². The number of amides is 1. The molecule has 2 aliphatic heterocycles. The molecule has 6 heteroatoms. The van der Waals surface area contributed by atoms with Crippen molar-refractivity contribution < 1.29 is 4.79 Å². The Morgan fingerprint density at radius 2 is 1.96 bits per heavy atom. The zero-order valence-electron chi connectivity index (χ0n) is 14.5. The maximum Gasteiger partial charge on any atom is 0.255 e. The highest BCUT2D eigenvalue weighted by molar-refractivity contribution is 5.94. The first-order valence-electron chi connectivity index (χ1n) is 9.05. The van der Waals surface area contributed by atoms with E-state index in [1.165, 1.54) is 19.4 Å². The van der Waals surface area contributed by atoms with E-state index >= 15 is 0 Å². The third kappa shape index (κ3) is 2.49. The molecule has 2 atom stereocenters. The number of carbonyl (C=O) groups is 1. The van der Waals surface area contributed by atoms with Crippen LogP contribution in [0.4, 0.5) is 0 Å². The van der Waals surface area contributed by atoms with Gasteiger partial charge in [0.05, 0.1) is 5.56 Å². The predicted octanol–water partition coefficient (Wildman–Crippen LogP) is 2.13. The second-order valence-electron chi connectivity index (χ2n) is 6.94. The topological polar surface area (TPSA) is 53.7 Å². The molecule has 2 fully saturated rings. The Balaban J connectivity index is 1.61. The maximum absolute atomic E-state index is 13.1. The Labute approximate surface area is 142 Å². The molecule has 4 rings (SSSR count). The van der Waals surface area contributed by atoms with Crippen molar-refractivity contribution in [1.82, 2.24) is 24.4 Å². The second-order valence-corrected chi connectivity index (χ2v) is 6.94. The monoisotopic (exact) mass is 327 g/mol. The van der Waals surface area contributed by atoms with Gasteiger partial charge in [0.1, 0.15) is 5.82 Å². The summed E-state index contributed by atoms with van der Waals surface area (Å²) >= 11 is 0. The van der Waals surface area contributed by atoms with Crippen LogP contribution in [0.5, 0.6) is 0 Å². The molecular weight excluding hydrogens is 302 g/mol. The van der Waals surface area contributed by atoms with Gasteiger partial charge in [0.2, 0.25) is 0 Å². The fourth-order valence-electron chi connectivity index (χ4n) is 4.42. The number of aromatic nitrogens is 3. The lowest BCUT2D eigenvalue weighted by Crippen LogP contribution is -2.48. The molecule has 0 aliphatic carbocycles. The number of rotatable bonds is 3. The molecule has 0 N–H and O–H groups in total. The SMILES string of the molecule is CCN1CCC[C@@H]1[C@@H]1CCCN1C(=O)c1ccc2nnc(C)n2c1. The van der Waals surface area contributed by atoms with E-state index in [1.807, 2.05) is 29.7 Å². The summed E-state index contributed by atoms with van der Waals surface area (Å²) in [5, 5.41) is 8.17. The molecule has 1 amide bonds. The molecule has 2 saturated heterocycles. The highest BCUT2D eigenvalue weighted by atomic mass is 16.2. The fraction of sp³-hybridized carbons (Fsp3) is 0.611. The van der Waals surface area contributed by atoms with Crippen LogP contribution in [0.15, 0.2) is 18.3 Å². The van der Waals surface area contributed by atoms with Crippen LogP contribution in [0, 0.1) is 6.92 Å². The molecule has 128 valence electrons. The highest BCUT2D eigenvalue weighted by Crippen LogP contribution is 2.30. The quantitative estimate of drug-likeness (QED) is 0.866. The van der Waals surface area contributed by atoms with Gasteiger partial charge in [-0.15, -0.1) is 10.2 Å². The van der Waals surface area contributed by atoms with Gasteiger partial charge in [0.25, 0.3) is 5.91 Å². The first-order valence-corrected chi connectivity index (χ1v) is 9.05. The Morgan fingerprint density at radius 1 is 1.17 bits per heavy atom. The molecule has 24 heavy (non-hydrogen) atoms. The average Bonchev–Trinajstić information content (AvgIpc) is 3.33. The van der Waals surface area contributed by atoms with E-state index in [2.05, 4.69) is 26.9 Å². The van der Waals surface area contributed by atoms with Crippen molar-refractivity contribution in [3.63, 3.8) is 0 Å². The summed E-state index contributed by atoms with van der Waals surface area (Å²) in [5.41, 5.74) is 1.52. The minimum atomic E-state index is 0.149. The van der Waals surface area contributed by atoms with Crippen molar-refractivity contribution in [1.29, 1.82) is 0 Å². The standard InChI is InChI=1S/C18H25N5O/c1-3-21-10-4-6-15(21)16-7-5-11-22(16)18(24)14-8-9-17-20-19-13(2)23(17)12-14/h8-9,12,15-16H,3-7,10-11H2,1-2H3/t15-,16+/m1/s1. The molecule has 0 aromatic carbocycles. The molecule has 0 bridgehead atoms. The van der Waals surface area contributed by atoms with Crippen LogP contribution >= 0.6 is 0 Å².